The number of nitro benzene ring substituents is 1. The summed E-state index contributed by atoms with van der Waals surface area (Å²) >= 11 is 1.37. The minimum atomic E-state index is -0.362. The average Bonchev–Trinajstić information content (AvgIpc) is 2.59. The molecule has 0 atom stereocenters. The molecule has 0 saturated heterocycles. The van der Waals surface area contributed by atoms with Gasteiger partial charge in [0.05, 0.1) is 4.92 Å². The predicted octanol–water partition coefficient (Wildman–Crippen LogP) is 2.27. The van der Waals surface area contributed by atoms with Crippen LogP contribution in [0.25, 0.3) is 10.1 Å². The van der Waals surface area contributed by atoms with Crippen LogP contribution in [0, 0.1) is 10.1 Å². The fraction of sp³-hybridized carbons (Fsp3) is 0.111. The second-order valence-corrected chi connectivity index (χ2v) is 3.76. The third-order valence-electron chi connectivity index (χ3n) is 2.08. The zero-order valence-corrected chi connectivity index (χ0v) is 8.08. The van der Waals surface area contributed by atoms with E-state index >= 15 is 0 Å². The molecule has 5 heteroatoms. The van der Waals surface area contributed by atoms with Crippen LogP contribution in [-0.4, -0.2) is 4.92 Å². The summed E-state index contributed by atoms with van der Waals surface area (Å²) in [5.41, 5.74) is 6.65. The third-order valence-corrected chi connectivity index (χ3v) is 3.14. The Morgan fingerprint density at radius 2 is 2.29 bits per heavy atom. The average molecular weight is 208 g/mol. The van der Waals surface area contributed by atoms with E-state index in [0.29, 0.717) is 11.2 Å². The third kappa shape index (κ3) is 1.26. The summed E-state index contributed by atoms with van der Waals surface area (Å²) in [5, 5.41) is 13.5. The maximum Gasteiger partial charge on any atom is 0.287 e. The minimum Gasteiger partial charge on any atom is -0.326 e. The number of nitro groups is 1. The molecule has 14 heavy (non-hydrogen) atoms. The number of hydrogen-bond acceptors (Lipinski definition) is 4. The number of hydrogen-bond donors (Lipinski definition) is 1. The lowest BCUT2D eigenvalue weighted by atomic mass is 10.1. The molecule has 0 amide bonds. The van der Waals surface area contributed by atoms with Gasteiger partial charge in [0.25, 0.3) is 5.69 Å². The number of fused-ring (bicyclic) bond motifs is 1. The molecule has 1 aromatic heterocycles. The second-order valence-electron chi connectivity index (χ2n) is 2.88. The Balaban J connectivity index is 2.76. The fourth-order valence-electron chi connectivity index (χ4n) is 1.40. The van der Waals surface area contributed by atoms with Crippen LogP contribution in [0.4, 0.5) is 5.69 Å². The van der Waals surface area contributed by atoms with Crippen molar-refractivity contribution < 1.29 is 4.92 Å². The highest BCUT2D eigenvalue weighted by Gasteiger charge is 2.14. The molecule has 4 nitrogen and oxygen atoms in total. The number of non-ortho nitro benzene ring substituents is 1. The summed E-state index contributed by atoms with van der Waals surface area (Å²) in [6.45, 7) is 0.418. The second kappa shape index (κ2) is 3.36. The van der Waals surface area contributed by atoms with Crippen molar-refractivity contribution in [1.29, 1.82) is 0 Å². The SMILES string of the molecule is NCc1csc2c([N+](=O)[O-])cccc12. The van der Waals surface area contributed by atoms with Gasteiger partial charge >= 0.3 is 0 Å². The van der Waals surface area contributed by atoms with Crippen LogP contribution in [0.5, 0.6) is 0 Å². The molecule has 1 heterocycles. The number of thiophene rings is 1. The van der Waals surface area contributed by atoms with E-state index in [1.807, 2.05) is 11.4 Å². The summed E-state index contributed by atoms with van der Waals surface area (Å²) in [4.78, 5) is 10.3. The smallest absolute Gasteiger partial charge is 0.287 e. The van der Waals surface area contributed by atoms with Crippen molar-refractivity contribution in [3.8, 4) is 0 Å². The van der Waals surface area contributed by atoms with E-state index in [0.717, 1.165) is 10.9 Å². The van der Waals surface area contributed by atoms with Crippen molar-refractivity contribution in [1.82, 2.24) is 0 Å². The van der Waals surface area contributed by atoms with Crippen molar-refractivity contribution in [2.24, 2.45) is 5.73 Å². The molecule has 0 fully saturated rings. The topological polar surface area (TPSA) is 69.2 Å². The lowest BCUT2D eigenvalue weighted by Crippen LogP contribution is -1.94. The maximum atomic E-state index is 10.7. The van der Waals surface area contributed by atoms with Crippen LogP contribution in [0.1, 0.15) is 5.56 Å². The van der Waals surface area contributed by atoms with E-state index in [4.69, 9.17) is 5.73 Å². The van der Waals surface area contributed by atoms with Crippen LogP contribution in [-0.2, 0) is 6.54 Å². The van der Waals surface area contributed by atoms with Crippen LogP contribution >= 0.6 is 11.3 Å². The quantitative estimate of drug-likeness (QED) is 0.608. The predicted molar refractivity (Wildman–Crippen MR) is 56.4 cm³/mol. The minimum absolute atomic E-state index is 0.159. The highest BCUT2D eigenvalue weighted by atomic mass is 32.1. The molecular weight excluding hydrogens is 200 g/mol. The molecule has 72 valence electrons. The van der Waals surface area contributed by atoms with E-state index in [-0.39, 0.29) is 10.6 Å². The van der Waals surface area contributed by atoms with Crippen molar-refractivity contribution in [3.63, 3.8) is 0 Å². The van der Waals surface area contributed by atoms with Crippen molar-refractivity contribution in [2.75, 3.05) is 0 Å². The van der Waals surface area contributed by atoms with E-state index in [2.05, 4.69) is 0 Å². The largest absolute Gasteiger partial charge is 0.326 e. The molecule has 0 saturated carbocycles. The Kier molecular flexibility index (Phi) is 2.18. The fourth-order valence-corrected chi connectivity index (χ4v) is 2.47. The molecule has 0 spiro atoms. The molecular formula is C9H8N2O2S. The zero-order chi connectivity index (χ0) is 10.1. The van der Waals surface area contributed by atoms with Gasteiger partial charge in [-0.1, -0.05) is 12.1 Å². The van der Waals surface area contributed by atoms with Gasteiger partial charge < -0.3 is 5.73 Å². The van der Waals surface area contributed by atoms with E-state index < -0.39 is 0 Å². The lowest BCUT2D eigenvalue weighted by Gasteiger charge is -1.94. The first-order valence-electron chi connectivity index (χ1n) is 4.07. The lowest BCUT2D eigenvalue weighted by molar-refractivity contribution is -0.382. The zero-order valence-electron chi connectivity index (χ0n) is 7.27. The molecule has 0 aliphatic carbocycles. The van der Waals surface area contributed by atoms with Gasteiger partial charge in [0, 0.05) is 18.0 Å². The van der Waals surface area contributed by atoms with Crippen LogP contribution < -0.4 is 5.73 Å². The van der Waals surface area contributed by atoms with Crippen LogP contribution in [0.3, 0.4) is 0 Å². The standard InChI is InChI=1S/C9H8N2O2S/c10-4-6-5-14-9-7(6)2-1-3-8(9)11(12)13/h1-3,5H,4,10H2. The van der Waals surface area contributed by atoms with Gasteiger partial charge in [0.15, 0.2) is 0 Å². The summed E-state index contributed by atoms with van der Waals surface area (Å²) < 4.78 is 0.706. The molecule has 1 aromatic carbocycles. The molecule has 0 unspecified atom stereocenters. The first kappa shape index (κ1) is 9.11. The first-order valence-corrected chi connectivity index (χ1v) is 4.95. The van der Waals surface area contributed by atoms with Crippen LogP contribution in [0.15, 0.2) is 23.6 Å². The van der Waals surface area contributed by atoms with E-state index in [9.17, 15) is 10.1 Å². The summed E-state index contributed by atoms with van der Waals surface area (Å²) in [6.07, 6.45) is 0. The van der Waals surface area contributed by atoms with Gasteiger partial charge in [0.2, 0.25) is 0 Å². The van der Waals surface area contributed by atoms with Crippen molar-refractivity contribution >= 4 is 27.1 Å². The van der Waals surface area contributed by atoms with Crippen molar-refractivity contribution in [2.45, 2.75) is 6.54 Å². The number of nitrogens with zero attached hydrogens (tertiary/aromatic N) is 1. The van der Waals surface area contributed by atoms with Gasteiger partial charge in [-0.2, -0.15) is 0 Å². The molecule has 0 bridgehead atoms. The molecule has 0 aliphatic heterocycles. The molecule has 0 aliphatic rings. The highest BCUT2D eigenvalue weighted by molar-refractivity contribution is 7.18. The number of nitrogens with two attached hydrogens (primary N) is 1. The van der Waals surface area contributed by atoms with Gasteiger partial charge in [-0.15, -0.1) is 11.3 Å². The van der Waals surface area contributed by atoms with E-state index in [1.165, 1.54) is 17.4 Å². The summed E-state index contributed by atoms with van der Waals surface area (Å²) in [7, 11) is 0. The maximum absolute atomic E-state index is 10.7. The number of rotatable bonds is 2. The normalized spacial score (nSPS) is 10.6. The van der Waals surface area contributed by atoms with Gasteiger partial charge in [-0.3, -0.25) is 10.1 Å². The number of benzene rings is 1. The van der Waals surface area contributed by atoms with Gasteiger partial charge in [-0.25, -0.2) is 0 Å². The molecule has 2 N–H and O–H groups in total. The Labute approximate surface area is 84.1 Å². The molecule has 0 radical (unpaired) electrons. The highest BCUT2D eigenvalue weighted by Crippen LogP contribution is 2.33. The summed E-state index contributed by atoms with van der Waals surface area (Å²) in [5.74, 6) is 0. The monoisotopic (exact) mass is 208 g/mol. The Hall–Kier alpha value is -1.46. The van der Waals surface area contributed by atoms with Crippen molar-refractivity contribution in [3.05, 3.63) is 39.3 Å². The molecule has 2 aromatic rings. The van der Waals surface area contributed by atoms with Crippen LogP contribution in [0.2, 0.25) is 0 Å². The summed E-state index contributed by atoms with van der Waals surface area (Å²) in [6, 6.07) is 5.06. The Morgan fingerprint density at radius 3 is 2.93 bits per heavy atom. The van der Waals surface area contributed by atoms with Gasteiger partial charge in [-0.05, 0) is 10.9 Å². The Morgan fingerprint density at radius 1 is 1.50 bits per heavy atom. The molecule has 2 rings (SSSR count). The van der Waals surface area contributed by atoms with Gasteiger partial charge in [0.1, 0.15) is 4.70 Å². The first-order chi connectivity index (χ1) is 6.74. The Bertz CT molecular complexity index is 493. The van der Waals surface area contributed by atoms with E-state index in [1.54, 1.807) is 6.07 Å².